The van der Waals surface area contributed by atoms with Gasteiger partial charge in [0, 0.05) is 56.2 Å². The minimum Gasteiger partial charge on any atom is -0.379 e. The van der Waals surface area contributed by atoms with Gasteiger partial charge < -0.3 is 15.0 Å². The van der Waals surface area contributed by atoms with Crippen LogP contribution >= 0.6 is 15.9 Å². The Bertz CT molecular complexity index is 545. The van der Waals surface area contributed by atoms with Gasteiger partial charge in [-0.05, 0) is 24.3 Å². The second kappa shape index (κ2) is 9.76. The average molecular weight is 398 g/mol. The maximum atomic E-state index is 12.0. The zero-order chi connectivity index (χ0) is 17.4. The minimum absolute atomic E-state index is 0.0355. The molecule has 1 aliphatic heterocycles. The molecule has 0 radical (unpaired) electrons. The Labute approximate surface area is 151 Å². The first-order valence-corrected chi connectivity index (χ1v) is 8.96. The maximum absolute atomic E-state index is 12.0. The normalized spacial score (nSPS) is 15.1. The van der Waals surface area contributed by atoms with Crippen LogP contribution in [0.3, 0.4) is 0 Å². The molecule has 1 aromatic carbocycles. The fraction of sp³-hybridized carbons (Fsp3) is 0.529. The Morgan fingerprint density at radius 1 is 1.25 bits per heavy atom. The van der Waals surface area contributed by atoms with Gasteiger partial charge in [0.2, 0.25) is 11.8 Å². The molecule has 1 aliphatic rings. The molecule has 1 N–H and O–H groups in total. The number of ether oxygens (including phenoxy) is 1. The van der Waals surface area contributed by atoms with Crippen molar-refractivity contribution in [2.24, 2.45) is 0 Å². The lowest BCUT2D eigenvalue weighted by Crippen LogP contribution is -2.42. The Hall–Kier alpha value is -1.44. The van der Waals surface area contributed by atoms with Crippen LogP contribution in [0.2, 0.25) is 0 Å². The zero-order valence-corrected chi connectivity index (χ0v) is 15.5. The summed E-state index contributed by atoms with van der Waals surface area (Å²) in [4.78, 5) is 27.7. The van der Waals surface area contributed by atoms with Crippen molar-refractivity contribution in [2.45, 2.75) is 13.3 Å². The standard InChI is InChI=1S/C17H24BrN3O3/c1-14(22)21(16-4-2-15(18)3-5-16)8-6-17(23)19-7-9-20-10-12-24-13-11-20/h2-5H,6-13H2,1H3,(H,19,23). The highest BCUT2D eigenvalue weighted by atomic mass is 79.9. The van der Waals surface area contributed by atoms with E-state index in [4.69, 9.17) is 4.74 Å². The fourth-order valence-corrected chi connectivity index (χ4v) is 2.83. The highest BCUT2D eigenvalue weighted by Crippen LogP contribution is 2.18. The van der Waals surface area contributed by atoms with Gasteiger partial charge in [0.05, 0.1) is 13.2 Å². The Morgan fingerprint density at radius 3 is 2.54 bits per heavy atom. The van der Waals surface area contributed by atoms with Crippen molar-refractivity contribution in [1.82, 2.24) is 10.2 Å². The molecule has 2 rings (SSSR count). The van der Waals surface area contributed by atoms with Crippen LogP contribution in [-0.4, -0.2) is 62.7 Å². The highest BCUT2D eigenvalue weighted by Gasteiger charge is 2.14. The molecule has 0 aromatic heterocycles. The van der Waals surface area contributed by atoms with E-state index < -0.39 is 0 Å². The van der Waals surface area contributed by atoms with Crippen LogP contribution in [0.25, 0.3) is 0 Å². The van der Waals surface area contributed by atoms with E-state index in [-0.39, 0.29) is 11.8 Å². The quantitative estimate of drug-likeness (QED) is 0.759. The van der Waals surface area contributed by atoms with Gasteiger partial charge in [0.15, 0.2) is 0 Å². The molecule has 1 fully saturated rings. The van der Waals surface area contributed by atoms with E-state index >= 15 is 0 Å². The van der Waals surface area contributed by atoms with Crippen LogP contribution in [0.15, 0.2) is 28.7 Å². The molecule has 1 saturated heterocycles. The first-order valence-electron chi connectivity index (χ1n) is 8.17. The Kier molecular flexibility index (Phi) is 7.68. The largest absolute Gasteiger partial charge is 0.379 e. The van der Waals surface area contributed by atoms with Crippen molar-refractivity contribution >= 4 is 33.4 Å². The molecule has 0 aliphatic carbocycles. The first-order chi connectivity index (χ1) is 11.6. The molecule has 1 heterocycles. The molecular weight excluding hydrogens is 374 g/mol. The summed E-state index contributed by atoms with van der Waals surface area (Å²) in [5.41, 5.74) is 0.798. The topological polar surface area (TPSA) is 61.9 Å². The molecular formula is C17H24BrN3O3. The summed E-state index contributed by atoms with van der Waals surface area (Å²) in [7, 11) is 0. The molecule has 2 amide bonds. The van der Waals surface area contributed by atoms with Crippen LogP contribution in [0.4, 0.5) is 5.69 Å². The molecule has 0 saturated carbocycles. The van der Waals surface area contributed by atoms with E-state index in [2.05, 4.69) is 26.1 Å². The van der Waals surface area contributed by atoms with E-state index in [1.54, 1.807) is 4.90 Å². The van der Waals surface area contributed by atoms with Crippen molar-refractivity contribution in [3.63, 3.8) is 0 Å². The summed E-state index contributed by atoms with van der Waals surface area (Å²) in [5.74, 6) is -0.106. The van der Waals surface area contributed by atoms with E-state index in [0.717, 1.165) is 43.0 Å². The van der Waals surface area contributed by atoms with Gasteiger partial charge in [-0.25, -0.2) is 0 Å². The predicted molar refractivity (Wildman–Crippen MR) is 97.1 cm³/mol. The molecule has 1 aromatic rings. The molecule has 0 unspecified atom stereocenters. The summed E-state index contributed by atoms with van der Waals surface area (Å²) in [6.45, 7) is 6.69. The monoisotopic (exact) mass is 397 g/mol. The van der Waals surface area contributed by atoms with Crippen molar-refractivity contribution < 1.29 is 14.3 Å². The Morgan fingerprint density at radius 2 is 1.92 bits per heavy atom. The second-order valence-corrected chi connectivity index (χ2v) is 6.62. The van der Waals surface area contributed by atoms with Gasteiger partial charge in [0.1, 0.15) is 0 Å². The number of hydrogen-bond acceptors (Lipinski definition) is 4. The first kappa shape index (κ1) is 18.9. The third-order valence-corrected chi connectivity index (χ3v) is 4.46. The van der Waals surface area contributed by atoms with Crippen molar-refractivity contribution in [2.75, 3.05) is 50.8 Å². The fourth-order valence-electron chi connectivity index (χ4n) is 2.57. The smallest absolute Gasteiger partial charge is 0.223 e. The Balaban J connectivity index is 1.73. The van der Waals surface area contributed by atoms with E-state index in [1.165, 1.54) is 6.92 Å². The molecule has 132 valence electrons. The second-order valence-electron chi connectivity index (χ2n) is 5.70. The van der Waals surface area contributed by atoms with Crippen LogP contribution in [0.1, 0.15) is 13.3 Å². The van der Waals surface area contributed by atoms with Crippen LogP contribution in [0, 0.1) is 0 Å². The number of nitrogens with one attached hydrogen (secondary N) is 1. The number of hydrogen-bond donors (Lipinski definition) is 1. The SMILES string of the molecule is CC(=O)N(CCC(=O)NCCN1CCOCC1)c1ccc(Br)cc1. The predicted octanol–water partition coefficient (Wildman–Crippen LogP) is 1.64. The lowest BCUT2D eigenvalue weighted by Gasteiger charge is -2.26. The van der Waals surface area contributed by atoms with E-state index in [1.807, 2.05) is 24.3 Å². The number of nitrogens with zero attached hydrogens (tertiary/aromatic N) is 2. The third-order valence-electron chi connectivity index (χ3n) is 3.93. The van der Waals surface area contributed by atoms with Gasteiger partial charge in [-0.1, -0.05) is 15.9 Å². The minimum atomic E-state index is -0.0709. The number of anilines is 1. The number of halogens is 1. The number of benzene rings is 1. The number of morpholine rings is 1. The van der Waals surface area contributed by atoms with Gasteiger partial charge in [-0.2, -0.15) is 0 Å². The van der Waals surface area contributed by atoms with Gasteiger partial charge in [-0.3, -0.25) is 14.5 Å². The molecule has 24 heavy (non-hydrogen) atoms. The van der Waals surface area contributed by atoms with Crippen LogP contribution in [-0.2, 0) is 14.3 Å². The third kappa shape index (κ3) is 6.22. The average Bonchev–Trinajstić information content (AvgIpc) is 2.57. The summed E-state index contributed by atoms with van der Waals surface area (Å²) in [6.07, 6.45) is 0.290. The lowest BCUT2D eigenvalue weighted by atomic mass is 10.2. The molecule has 0 spiro atoms. The summed E-state index contributed by atoms with van der Waals surface area (Å²) in [6, 6.07) is 7.49. The van der Waals surface area contributed by atoms with E-state index in [0.29, 0.717) is 19.5 Å². The number of amides is 2. The number of carbonyl (C=O) groups is 2. The van der Waals surface area contributed by atoms with Crippen LogP contribution in [0.5, 0.6) is 0 Å². The van der Waals surface area contributed by atoms with Crippen molar-refractivity contribution in [3.8, 4) is 0 Å². The van der Waals surface area contributed by atoms with Crippen molar-refractivity contribution in [1.29, 1.82) is 0 Å². The van der Waals surface area contributed by atoms with E-state index in [9.17, 15) is 9.59 Å². The molecule has 0 atom stereocenters. The van der Waals surface area contributed by atoms with Gasteiger partial charge in [-0.15, -0.1) is 0 Å². The molecule has 6 nitrogen and oxygen atoms in total. The molecule has 7 heteroatoms. The summed E-state index contributed by atoms with van der Waals surface area (Å²) < 4.78 is 6.25. The summed E-state index contributed by atoms with van der Waals surface area (Å²) >= 11 is 3.38. The summed E-state index contributed by atoms with van der Waals surface area (Å²) in [5, 5.41) is 2.92. The van der Waals surface area contributed by atoms with Crippen LogP contribution < -0.4 is 10.2 Å². The zero-order valence-electron chi connectivity index (χ0n) is 14.0. The maximum Gasteiger partial charge on any atom is 0.223 e. The van der Waals surface area contributed by atoms with Gasteiger partial charge in [0.25, 0.3) is 0 Å². The number of carbonyl (C=O) groups excluding carboxylic acids is 2. The lowest BCUT2D eigenvalue weighted by molar-refractivity contribution is -0.121. The molecule has 0 bridgehead atoms. The van der Waals surface area contributed by atoms with Gasteiger partial charge >= 0.3 is 0 Å². The number of rotatable bonds is 7. The van der Waals surface area contributed by atoms with Crippen molar-refractivity contribution in [3.05, 3.63) is 28.7 Å². The highest BCUT2D eigenvalue weighted by molar-refractivity contribution is 9.10.